The van der Waals surface area contributed by atoms with Crippen LogP contribution in [0, 0.1) is 0 Å². The minimum atomic E-state index is -0.928. The molecule has 7 nitrogen and oxygen atoms in total. The van der Waals surface area contributed by atoms with Crippen molar-refractivity contribution in [1.29, 1.82) is 0 Å². The summed E-state index contributed by atoms with van der Waals surface area (Å²) in [5.41, 5.74) is 3.92. The predicted octanol–water partition coefficient (Wildman–Crippen LogP) is 3.39. The van der Waals surface area contributed by atoms with Crippen LogP contribution >= 0.6 is 23.8 Å². The number of H-pyrrole nitrogens is 1. The number of aliphatic imine (C=N–C) groups is 2. The maximum Gasteiger partial charge on any atom is 0.272 e. The molecule has 0 spiro atoms. The van der Waals surface area contributed by atoms with Gasteiger partial charge in [0.1, 0.15) is 0 Å². The van der Waals surface area contributed by atoms with Crippen molar-refractivity contribution in [2.45, 2.75) is 12.6 Å². The largest absolute Gasteiger partial charge is 0.348 e. The normalized spacial score (nSPS) is 16.1. The molecule has 1 atom stereocenters. The third kappa shape index (κ3) is 4.70. The fourth-order valence-electron chi connectivity index (χ4n) is 3.24. The van der Waals surface area contributed by atoms with Gasteiger partial charge in [0.2, 0.25) is 6.17 Å². The van der Waals surface area contributed by atoms with Crippen molar-refractivity contribution in [2.24, 2.45) is 9.98 Å². The van der Waals surface area contributed by atoms with Crippen molar-refractivity contribution in [1.82, 2.24) is 15.3 Å². The average molecular weight is 451 g/mol. The van der Waals surface area contributed by atoms with Crippen LogP contribution in [-0.2, 0) is 11.2 Å². The predicted molar refractivity (Wildman–Crippen MR) is 127 cm³/mol. The molecule has 3 aromatic rings. The highest BCUT2D eigenvalue weighted by Crippen LogP contribution is 2.29. The number of nitrogens with one attached hydrogen (secondary N) is 2. The van der Waals surface area contributed by atoms with E-state index in [0.717, 1.165) is 22.5 Å². The molecule has 0 bridgehead atoms. The topological polar surface area (TPSA) is 85.7 Å². The number of hydrogen-bond donors (Lipinski definition) is 2. The quantitative estimate of drug-likeness (QED) is 0.471. The van der Waals surface area contributed by atoms with Gasteiger partial charge in [0.25, 0.3) is 5.91 Å². The lowest BCUT2D eigenvalue weighted by atomic mass is 10.0. The maximum atomic E-state index is 13.2. The first-order chi connectivity index (χ1) is 15.0. The molecule has 2 N–H and O–H groups in total. The molecule has 9 heteroatoms. The summed E-state index contributed by atoms with van der Waals surface area (Å²) in [6.07, 6.45) is 4.59. The first kappa shape index (κ1) is 20.9. The molecule has 2 heterocycles. The number of hydrogen-bond acceptors (Lipinski definition) is 4. The van der Waals surface area contributed by atoms with E-state index in [1.54, 1.807) is 36.8 Å². The lowest BCUT2D eigenvalue weighted by molar-refractivity contribution is -0.119. The van der Waals surface area contributed by atoms with E-state index in [9.17, 15) is 4.79 Å². The number of aromatic nitrogens is 2. The van der Waals surface area contributed by atoms with E-state index in [0.29, 0.717) is 17.2 Å². The standard InChI is InChI=1S/C22H19ClN6OS/c1-29-18-8-7-15(23)11-17(18)19(14-5-3-2-4-6-14)27-20(21(29)30)28-22(31)25-10-9-16-12-24-13-26-16/h2-8,10-13,20H,9H2,1H3,(H,24,26)(H,28,31)/b25-10+. The Balaban J connectivity index is 1.66. The average Bonchev–Trinajstić information content (AvgIpc) is 3.26. The van der Waals surface area contributed by atoms with Crippen LogP contribution in [0.1, 0.15) is 16.8 Å². The number of halogens is 1. The van der Waals surface area contributed by atoms with Gasteiger partial charge >= 0.3 is 0 Å². The van der Waals surface area contributed by atoms with Crippen LogP contribution in [0.5, 0.6) is 0 Å². The Morgan fingerprint density at radius 3 is 2.87 bits per heavy atom. The van der Waals surface area contributed by atoms with Gasteiger partial charge in [0, 0.05) is 47.7 Å². The van der Waals surface area contributed by atoms with E-state index >= 15 is 0 Å². The molecule has 2 aromatic carbocycles. The molecule has 0 saturated heterocycles. The number of benzene rings is 2. The van der Waals surface area contributed by atoms with Gasteiger partial charge in [0.05, 0.1) is 17.7 Å². The highest BCUT2D eigenvalue weighted by atomic mass is 35.5. The summed E-state index contributed by atoms with van der Waals surface area (Å²) in [6, 6.07) is 15.0. The third-order valence-electron chi connectivity index (χ3n) is 4.78. The number of fused-ring (bicyclic) bond motifs is 1. The number of aromatic amines is 1. The molecule has 0 radical (unpaired) electrons. The van der Waals surface area contributed by atoms with Gasteiger partial charge in [-0.3, -0.25) is 4.79 Å². The Bertz CT molecular complexity index is 1160. The van der Waals surface area contributed by atoms with Gasteiger partial charge in [-0.1, -0.05) is 41.9 Å². The molecule has 156 valence electrons. The molecule has 1 aliphatic rings. The SMILES string of the molecule is CN1C(=O)C(NC(=S)/N=C/Cc2cnc[nH]2)N=C(c2ccccc2)c2cc(Cl)ccc21. The Kier molecular flexibility index (Phi) is 6.20. The summed E-state index contributed by atoms with van der Waals surface area (Å²) >= 11 is 11.6. The number of anilines is 1. The van der Waals surface area contributed by atoms with E-state index in [4.69, 9.17) is 28.8 Å². The summed E-state index contributed by atoms with van der Waals surface area (Å²) < 4.78 is 0. The molecule has 1 unspecified atom stereocenters. The number of imidazole rings is 1. The van der Waals surface area contributed by atoms with Crippen LogP contribution in [-0.4, -0.2) is 46.1 Å². The number of thiocarbonyl (C=S) groups is 1. The second kappa shape index (κ2) is 9.20. The monoisotopic (exact) mass is 450 g/mol. The molecule has 0 fully saturated rings. The van der Waals surface area contributed by atoms with Crippen molar-refractivity contribution in [3.8, 4) is 0 Å². The summed E-state index contributed by atoms with van der Waals surface area (Å²) in [5, 5.41) is 3.70. The van der Waals surface area contributed by atoms with Crippen LogP contribution < -0.4 is 10.2 Å². The maximum absolute atomic E-state index is 13.2. The smallest absolute Gasteiger partial charge is 0.272 e. The highest BCUT2D eigenvalue weighted by molar-refractivity contribution is 7.80. The van der Waals surface area contributed by atoms with Crippen LogP contribution in [0.25, 0.3) is 0 Å². The van der Waals surface area contributed by atoms with Gasteiger partial charge in [-0.05, 0) is 30.4 Å². The van der Waals surface area contributed by atoms with E-state index in [1.165, 1.54) is 0 Å². The first-order valence-corrected chi connectivity index (χ1v) is 10.3. The molecule has 4 rings (SSSR count). The van der Waals surface area contributed by atoms with Gasteiger partial charge in [-0.2, -0.15) is 0 Å². The summed E-state index contributed by atoms with van der Waals surface area (Å²) in [6.45, 7) is 0. The minimum Gasteiger partial charge on any atom is -0.348 e. The van der Waals surface area contributed by atoms with Gasteiger partial charge in [-0.25, -0.2) is 15.0 Å². The van der Waals surface area contributed by atoms with E-state index in [-0.39, 0.29) is 11.0 Å². The number of benzodiazepines with no additional fused rings is 1. The number of amides is 1. The van der Waals surface area contributed by atoms with Crippen molar-refractivity contribution >= 4 is 52.5 Å². The number of carbonyl (C=O) groups excluding carboxylic acids is 1. The summed E-state index contributed by atoms with van der Waals surface area (Å²) in [5.74, 6) is -0.249. The molecular weight excluding hydrogens is 432 g/mol. The zero-order valence-corrected chi connectivity index (χ0v) is 18.2. The first-order valence-electron chi connectivity index (χ1n) is 9.54. The van der Waals surface area contributed by atoms with Crippen LogP contribution in [0.4, 0.5) is 5.69 Å². The number of rotatable bonds is 4. The number of carbonyl (C=O) groups is 1. The van der Waals surface area contributed by atoms with Gasteiger partial charge in [0.15, 0.2) is 5.11 Å². The number of likely N-dealkylation sites (N-methyl/N-ethyl adjacent to an activating group) is 1. The lowest BCUT2D eigenvalue weighted by Crippen LogP contribution is -2.45. The molecule has 1 aromatic heterocycles. The molecule has 1 amide bonds. The second-order valence-electron chi connectivity index (χ2n) is 6.85. The summed E-state index contributed by atoms with van der Waals surface area (Å²) in [4.78, 5) is 30.6. The van der Waals surface area contributed by atoms with Crippen LogP contribution in [0.2, 0.25) is 5.02 Å². The Morgan fingerprint density at radius 2 is 2.13 bits per heavy atom. The van der Waals surface area contributed by atoms with E-state index < -0.39 is 6.17 Å². The van der Waals surface area contributed by atoms with Crippen molar-refractivity contribution in [3.05, 3.63) is 82.9 Å². The zero-order valence-electron chi connectivity index (χ0n) is 16.6. The fourth-order valence-corrected chi connectivity index (χ4v) is 3.60. The Hall–Kier alpha value is -3.36. The molecule has 0 saturated carbocycles. The number of nitrogens with zero attached hydrogens (tertiary/aromatic N) is 4. The minimum absolute atomic E-state index is 0.173. The van der Waals surface area contributed by atoms with Crippen LogP contribution in [0.15, 0.2) is 71.0 Å². The zero-order chi connectivity index (χ0) is 21.8. The van der Waals surface area contributed by atoms with Crippen molar-refractivity contribution in [3.63, 3.8) is 0 Å². The van der Waals surface area contributed by atoms with Crippen molar-refractivity contribution < 1.29 is 4.79 Å². The van der Waals surface area contributed by atoms with E-state index in [1.807, 2.05) is 42.5 Å². The van der Waals surface area contributed by atoms with Crippen LogP contribution in [0.3, 0.4) is 0 Å². The lowest BCUT2D eigenvalue weighted by Gasteiger charge is -2.21. The molecule has 31 heavy (non-hydrogen) atoms. The van der Waals surface area contributed by atoms with Gasteiger partial charge in [-0.15, -0.1) is 0 Å². The third-order valence-corrected chi connectivity index (χ3v) is 5.24. The second-order valence-corrected chi connectivity index (χ2v) is 7.67. The van der Waals surface area contributed by atoms with Crippen molar-refractivity contribution in [2.75, 3.05) is 11.9 Å². The Morgan fingerprint density at radius 1 is 1.32 bits per heavy atom. The highest BCUT2D eigenvalue weighted by Gasteiger charge is 2.30. The molecular formula is C22H19ClN6OS. The summed E-state index contributed by atoms with van der Waals surface area (Å²) in [7, 11) is 1.71. The van der Waals surface area contributed by atoms with E-state index in [2.05, 4.69) is 20.3 Å². The molecule has 1 aliphatic heterocycles. The fraction of sp³-hybridized carbons (Fsp3) is 0.136. The van der Waals surface area contributed by atoms with Gasteiger partial charge < -0.3 is 15.2 Å². The Labute approximate surface area is 189 Å². The molecule has 0 aliphatic carbocycles.